The molecule has 1 aromatic carbocycles. The maximum Gasteiger partial charge on any atom is 0.244 e. The molecule has 15 heavy (non-hydrogen) atoms. The van der Waals surface area contributed by atoms with Crippen molar-refractivity contribution in [1.82, 2.24) is 0 Å². The summed E-state index contributed by atoms with van der Waals surface area (Å²) in [6, 6.07) is 6.00. The first kappa shape index (κ1) is 10.2. The van der Waals surface area contributed by atoms with E-state index in [0.717, 1.165) is 29.7 Å². The van der Waals surface area contributed by atoms with Crippen LogP contribution >= 0.6 is 0 Å². The Balaban J connectivity index is 2.16. The van der Waals surface area contributed by atoms with Crippen molar-refractivity contribution in [3.8, 4) is 0 Å². The van der Waals surface area contributed by atoms with Crippen LogP contribution in [0.1, 0.15) is 24.0 Å². The van der Waals surface area contributed by atoms with Crippen molar-refractivity contribution in [2.45, 2.75) is 32.2 Å². The Morgan fingerprint density at radius 3 is 2.67 bits per heavy atom. The topological polar surface area (TPSA) is 55.1 Å². The van der Waals surface area contributed by atoms with Gasteiger partial charge in [-0.05, 0) is 43.9 Å². The van der Waals surface area contributed by atoms with E-state index >= 15 is 0 Å². The van der Waals surface area contributed by atoms with Crippen LogP contribution in [0.5, 0.6) is 0 Å². The van der Waals surface area contributed by atoms with Gasteiger partial charge in [-0.25, -0.2) is 0 Å². The summed E-state index contributed by atoms with van der Waals surface area (Å²) < 4.78 is 0. The first-order chi connectivity index (χ1) is 7.01. The molecule has 0 aromatic heterocycles. The number of hydrogen-bond donors (Lipinski definition) is 2. The number of carbonyl (C=O) groups excluding carboxylic acids is 1. The maximum absolute atomic E-state index is 11.7. The second kappa shape index (κ2) is 3.35. The van der Waals surface area contributed by atoms with Gasteiger partial charge in [-0.2, -0.15) is 0 Å². The van der Waals surface area contributed by atoms with Crippen LogP contribution in [0.4, 0.5) is 5.69 Å². The fourth-order valence-corrected chi connectivity index (χ4v) is 1.48. The fraction of sp³-hybridized carbons (Fsp3) is 0.417. The molecule has 2 rings (SSSR count). The van der Waals surface area contributed by atoms with E-state index in [1.807, 2.05) is 32.0 Å². The predicted molar refractivity (Wildman–Crippen MR) is 60.7 cm³/mol. The summed E-state index contributed by atoms with van der Waals surface area (Å²) in [5.74, 6) is -0.0591. The lowest BCUT2D eigenvalue weighted by Crippen LogP contribution is -2.38. The fourth-order valence-electron chi connectivity index (χ4n) is 1.48. The third-order valence-corrected chi connectivity index (χ3v) is 2.88. The molecular formula is C12H16N2O. The van der Waals surface area contributed by atoms with Crippen LogP contribution in [0.3, 0.4) is 0 Å². The molecule has 3 N–H and O–H groups in total. The molecule has 1 aliphatic carbocycles. The third kappa shape index (κ3) is 2.02. The average Bonchev–Trinajstić information content (AvgIpc) is 2.91. The zero-order chi connectivity index (χ0) is 11.1. The largest absolute Gasteiger partial charge is 0.324 e. The molecule has 0 saturated heterocycles. The molecule has 0 atom stereocenters. The molecule has 0 spiro atoms. The number of anilines is 1. The number of nitrogens with one attached hydrogen (secondary N) is 1. The summed E-state index contributed by atoms with van der Waals surface area (Å²) in [5.41, 5.74) is 8.29. The van der Waals surface area contributed by atoms with Crippen molar-refractivity contribution in [2.24, 2.45) is 5.73 Å². The highest BCUT2D eigenvalue weighted by Crippen LogP contribution is 2.33. The van der Waals surface area contributed by atoms with E-state index in [0.29, 0.717) is 0 Å². The second-order valence-electron chi connectivity index (χ2n) is 4.43. The molecule has 3 heteroatoms. The van der Waals surface area contributed by atoms with Crippen LogP contribution in [0, 0.1) is 13.8 Å². The van der Waals surface area contributed by atoms with E-state index in [1.54, 1.807) is 0 Å². The van der Waals surface area contributed by atoms with Crippen molar-refractivity contribution < 1.29 is 4.79 Å². The smallest absolute Gasteiger partial charge is 0.244 e. The van der Waals surface area contributed by atoms with Crippen molar-refractivity contribution in [1.29, 1.82) is 0 Å². The van der Waals surface area contributed by atoms with Gasteiger partial charge in [-0.3, -0.25) is 4.79 Å². The van der Waals surface area contributed by atoms with Crippen LogP contribution in [0.2, 0.25) is 0 Å². The lowest BCUT2D eigenvalue weighted by molar-refractivity contribution is -0.118. The normalized spacial score (nSPS) is 17.3. The van der Waals surface area contributed by atoms with Gasteiger partial charge in [0.1, 0.15) is 0 Å². The monoisotopic (exact) mass is 204 g/mol. The summed E-state index contributed by atoms with van der Waals surface area (Å²) in [5, 5.41) is 2.89. The molecule has 80 valence electrons. The first-order valence-electron chi connectivity index (χ1n) is 5.19. The van der Waals surface area contributed by atoms with E-state index in [4.69, 9.17) is 5.73 Å². The standard InChI is InChI=1S/C12H16N2O/c1-8-3-4-9(2)10(7-8)14-11(15)12(13)5-6-12/h3-4,7H,5-6,13H2,1-2H3,(H,14,15). The van der Waals surface area contributed by atoms with Gasteiger partial charge in [0.05, 0.1) is 5.54 Å². The Morgan fingerprint density at radius 1 is 1.40 bits per heavy atom. The Morgan fingerprint density at radius 2 is 2.07 bits per heavy atom. The molecule has 1 fully saturated rings. The van der Waals surface area contributed by atoms with Gasteiger partial charge in [0.2, 0.25) is 5.91 Å². The van der Waals surface area contributed by atoms with E-state index in [-0.39, 0.29) is 5.91 Å². The van der Waals surface area contributed by atoms with Crippen molar-refractivity contribution in [2.75, 3.05) is 5.32 Å². The van der Waals surface area contributed by atoms with Gasteiger partial charge in [0, 0.05) is 5.69 Å². The highest BCUT2D eigenvalue weighted by atomic mass is 16.2. The Labute approximate surface area is 89.7 Å². The summed E-state index contributed by atoms with van der Waals surface area (Å²) >= 11 is 0. The van der Waals surface area contributed by atoms with Gasteiger partial charge in [0.25, 0.3) is 0 Å². The number of rotatable bonds is 2. The zero-order valence-corrected chi connectivity index (χ0v) is 9.13. The number of nitrogens with two attached hydrogens (primary N) is 1. The van der Waals surface area contributed by atoms with Crippen molar-refractivity contribution in [3.05, 3.63) is 29.3 Å². The molecule has 0 aliphatic heterocycles. The van der Waals surface area contributed by atoms with E-state index < -0.39 is 5.54 Å². The molecular weight excluding hydrogens is 188 g/mol. The van der Waals surface area contributed by atoms with Crippen LogP contribution < -0.4 is 11.1 Å². The number of hydrogen-bond acceptors (Lipinski definition) is 2. The molecule has 1 aliphatic rings. The lowest BCUT2D eigenvalue weighted by Gasteiger charge is -2.12. The zero-order valence-electron chi connectivity index (χ0n) is 9.13. The Kier molecular flexibility index (Phi) is 2.27. The van der Waals surface area contributed by atoms with Crippen LogP contribution in [0.15, 0.2) is 18.2 Å². The van der Waals surface area contributed by atoms with E-state index in [9.17, 15) is 4.79 Å². The Hall–Kier alpha value is -1.35. The number of benzene rings is 1. The van der Waals surface area contributed by atoms with Crippen LogP contribution in [0.25, 0.3) is 0 Å². The molecule has 3 nitrogen and oxygen atoms in total. The Bertz CT molecular complexity index is 408. The lowest BCUT2D eigenvalue weighted by atomic mass is 10.1. The first-order valence-corrected chi connectivity index (χ1v) is 5.19. The molecule has 1 aromatic rings. The minimum Gasteiger partial charge on any atom is -0.324 e. The molecule has 1 amide bonds. The van der Waals surface area contributed by atoms with E-state index in [2.05, 4.69) is 5.32 Å². The van der Waals surface area contributed by atoms with Crippen molar-refractivity contribution >= 4 is 11.6 Å². The van der Waals surface area contributed by atoms with Gasteiger partial charge in [-0.1, -0.05) is 12.1 Å². The van der Waals surface area contributed by atoms with Gasteiger partial charge < -0.3 is 11.1 Å². The van der Waals surface area contributed by atoms with Crippen LogP contribution in [-0.2, 0) is 4.79 Å². The number of amides is 1. The molecule has 0 unspecified atom stereocenters. The quantitative estimate of drug-likeness (QED) is 0.770. The summed E-state index contributed by atoms with van der Waals surface area (Å²) in [6.45, 7) is 3.98. The summed E-state index contributed by atoms with van der Waals surface area (Å²) in [4.78, 5) is 11.7. The highest BCUT2D eigenvalue weighted by molar-refractivity contribution is 6.00. The molecule has 0 bridgehead atoms. The average molecular weight is 204 g/mol. The van der Waals surface area contributed by atoms with Crippen LogP contribution in [-0.4, -0.2) is 11.4 Å². The summed E-state index contributed by atoms with van der Waals surface area (Å²) in [6.07, 6.45) is 1.59. The number of aryl methyl sites for hydroxylation is 2. The SMILES string of the molecule is Cc1ccc(C)c(NC(=O)C2(N)CC2)c1. The van der Waals surface area contributed by atoms with Gasteiger partial charge >= 0.3 is 0 Å². The van der Waals surface area contributed by atoms with Crippen molar-refractivity contribution in [3.63, 3.8) is 0 Å². The predicted octanol–water partition coefficient (Wildman–Crippen LogP) is 1.73. The third-order valence-electron chi connectivity index (χ3n) is 2.88. The highest BCUT2D eigenvalue weighted by Gasteiger charge is 2.45. The summed E-state index contributed by atoms with van der Waals surface area (Å²) in [7, 11) is 0. The number of carbonyl (C=O) groups is 1. The van der Waals surface area contributed by atoms with Gasteiger partial charge in [-0.15, -0.1) is 0 Å². The molecule has 1 saturated carbocycles. The second-order valence-corrected chi connectivity index (χ2v) is 4.43. The molecule has 0 radical (unpaired) electrons. The minimum absolute atomic E-state index is 0.0591. The molecule has 0 heterocycles. The maximum atomic E-state index is 11.7. The van der Waals surface area contributed by atoms with E-state index in [1.165, 1.54) is 0 Å². The minimum atomic E-state index is -0.601. The van der Waals surface area contributed by atoms with Gasteiger partial charge in [0.15, 0.2) is 0 Å².